The molecule has 3 heterocycles. The fourth-order valence-electron chi connectivity index (χ4n) is 4.92. The van der Waals surface area contributed by atoms with E-state index in [1.54, 1.807) is 48.7 Å². The molecule has 1 atom stereocenters. The summed E-state index contributed by atoms with van der Waals surface area (Å²) in [5.74, 6) is -0.947. The van der Waals surface area contributed by atoms with Crippen molar-refractivity contribution >= 4 is 23.4 Å². The molecule has 5 rings (SSSR count). The van der Waals surface area contributed by atoms with Crippen LogP contribution >= 0.6 is 0 Å². The van der Waals surface area contributed by atoms with E-state index in [1.807, 2.05) is 26.8 Å². The van der Waals surface area contributed by atoms with Gasteiger partial charge in [0.25, 0.3) is 5.82 Å². The third kappa shape index (κ3) is 6.50. The topological polar surface area (TPSA) is 136 Å². The zero-order chi connectivity index (χ0) is 30.9. The van der Waals surface area contributed by atoms with Crippen molar-refractivity contribution in [2.75, 3.05) is 29.9 Å². The number of amides is 1. The Kier molecular flexibility index (Phi) is 7.66. The molecule has 1 aliphatic heterocycles. The first-order valence-corrected chi connectivity index (χ1v) is 13.3. The van der Waals surface area contributed by atoms with Gasteiger partial charge in [0, 0.05) is 42.8 Å². The maximum atomic E-state index is 12.8. The van der Waals surface area contributed by atoms with Gasteiger partial charge in [-0.3, -0.25) is 0 Å². The predicted molar refractivity (Wildman–Crippen MR) is 152 cm³/mol. The first kappa shape index (κ1) is 29.3. The van der Waals surface area contributed by atoms with Crippen LogP contribution in [0.5, 0.6) is 0 Å². The third-order valence-corrected chi connectivity index (χ3v) is 7.12. The Morgan fingerprint density at radius 3 is 2.42 bits per heavy atom. The molecule has 1 amide bonds. The number of hydrogen-bond acceptors (Lipinski definition) is 8. The number of nitrogens with zero attached hydrogens (tertiary/aromatic N) is 8. The highest BCUT2D eigenvalue weighted by Crippen LogP contribution is 2.33. The quantitative estimate of drug-likeness (QED) is 0.305. The lowest BCUT2D eigenvalue weighted by Gasteiger charge is -2.46. The van der Waals surface area contributed by atoms with E-state index < -0.39 is 18.1 Å². The lowest BCUT2D eigenvalue weighted by molar-refractivity contribution is -0.144. The summed E-state index contributed by atoms with van der Waals surface area (Å²) in [6.07, 6.45) is -3.01. The Balaban J connectivity index is 1.37. The first-order valence-electron chi connectivity index (χ1n) is 13.3. The predicted octanol–water partition coefficient (Wildman–Crippen LogP) is 5.57. The third-order valence-electron chi connectivity index (χ3n) is 7.12. The number of hydrogen-bond donors (Lipinski definition) is 2. The summed E-state index contributed by atoms with van der Waals surface area (Å²) >= 11 is 0. The van der Waals surface area contributed by atoms with E-state index in [0.717, 1.165) is 16.7 Å². The maximum absolute atomic E-state index is 12.8. The van der Waals surface area contributed by atoms with Gasteiger partial charge < -0.3 is 20.2 Å². The number of alkyl halides is 3. The molecule has 1 fully saturated rings. The molecule has 0 saturated carbocycles. The van der Waals surface area contributed by atoms with Crippen molar-refractivity contribution in [3.63, 3.8) is 0 Å². The molecule has 43 heavy (non-hydrogen) atoms. The summed E-state index contributed by atoms with van der Waals surface area (Å²) in [6.45, 7) is 7.32. The summed E-state index contributed by atoms with van der Waals surface area (Å²) in [5.41, 5.74) is 3.17. The SMILES string of the molecule is CC(C)(C)C1CN(c2cc(C#N)cc(-c3ccnc(Nc4ccc(-n5cnc(C(F)(F)F)n5)cc4)n3)c2)CCN1C(=O)O. The van der Waals surface area contributed by atoms with Gasteiger partial charge in [-0.25, -0.2) is 24.4 Å². The van der Waals surface area contributed by atoms with E-state index in [0.29, 0.717) is 47.8 Å². The van der Waals surface area contributed by atoms with Gasteiger partial charge in [-0.05, 0) is 53.9 Å². The second-order valence-electron chi connectivity index (χ2n) is 11.1. The van der Waals surface area contributed by atoms with Crippen molar-refractivity contribution < 1.29 is 23.1 Å². The molecule has 222 valence electrons. The molecule has 11 nitrogen and oxygen atoms in total. The van der Waals surface area contributed by atoms with E-state index in [4.69, 9.17) is 0 Å². The average Bonchev–Trinajstić information content (AvgIpc) is 3.48. The van der Waals surface area contributed by atoms with Crippen molar-refractivity contribution in [2.24, 2.45) is 5.41 Å². The standard InChI is InChI=1S/C29H28F3N9O2/c1-28(2,3)24-16-39(10-11-40(24)27(42)43)22-13-18(15-33)12-19(14-22)23-8-9-34-26(37-23)36-20-4-6-21(7-5-20)41-17-35-25(38-41)29(30,31)32/h4-9,12-14,17,24H,10-11,16H2,1-3H3,(H,42,43)(H,34,36,37). The normalized spacial score (nSPS) is 15.7. The summed E-state index contributed by atoms with van der Waals surface area (Å²) in [6, 6.07) is 15.6. The molecule has 14 heteroatoms. The van der Waals surface area contributed by atoms with Crippen LogP contribution in [-0.2, 0) is 6.18 Å². The van der Waals surface area contributed by atoms with Crippen LogP contribution in [0.3, 0.4) is 0 Å². The summed E-state index contributed by atoms with van der Waals surface area (Å²) < 4.78 is 39.5. The van der Waals surface area contributed by atoms with Gasteiger partial charge >= 0.3 is 12.3 Å². The van der Waals surface area contributed by atoms with E-state index in [9.17, 15) is 28.3 Å². The summed E-state index contributed by atoms with van der Waals surface area (Å²) in [5, 5.41) is 26.0. The highest BCUT2D eigenvalue weighted by Gasteiger charge is 2.38. The van der Waals surface area contributed by atoms with Crippen LogP contribution in [0, 0.1) is 16.7 Å². The molecular weight excluding hydrogens is 563 g/mol. The fourth-order valence-corrected chi connectivity index (χ4v) is 4.92. The number of benzene rings is 2. The van der Waals surface area contributed by atoms with E-state index in [2.05, 4.69) is 36.3 Å². The average molecular weight is 592 g/mol. The second kappa shape index (κ2) is 11.2. The van der Waals surface area contributed by atoms with Gasteiger partial charge in [0.1, 0.15) is 6.33 Å². The minimum absolute atomic E-state index is 0.245. The Morgan fingerprint density at radius 1 is 1.05 bits per heavy atom. The minimum atomic E-state index is -4.63. The first-order chi connectivity index (χ1) is 20.3. The number of carboxylic acid groups (broad SMARTS) is 1. The molecule has 0 bridgehead atoms. The number of rotatable bonds is 5. The zero-order valence-electron chi connectivity index (χ0n) is 23.5. The Hall–Kier alpha value is -5.19. The zero-order valence-corrected chi connectivity index (χ0v) is 23.5. The number of aromatic nitrogens is 5. The van der Waals surface area contributed by atoms with E-state index >= 15 is 0 Å². The van der Waals surface area contributed by atoms with E-state index in [1.165, 1.54) is 4.90 Å². The smallest absolute Gasteiger partial charge is 0.453 e. The number of carbonyl (C=O) groups is 1. The van der Waals surface area contributed by atoms with Gasteiger partial charge in [0.05, 0.1) is 29.1 Å². The van der Waals surface area contributed by atoms with Gasteiger partial charge in [-0.15, -0.1) is 5.10 Å². The molecule has 1 aliphatic rings. The molecule has 1 saturated heterocycles. The number of halogens is 3. The molecule has 2 aromatic heterocycles. The van der Waals surface area contributed by atoms with Crippen LogP contribution in [0.2, 0.25) is 0 Å². The lowest BCUT2D eigenvalue weighted by atomic mass is 9.84. The highest BCUT2D eigenvalue weighted by atomic mass is 19.4. The van der Waals surface area contributed by atoms with Gasteiger partial charge in [0.15, 0.2) is 0 Å². The van der Waals surface area contributed by atoms with Crippen LogP contribution in [0.15, 0.2) is 61.1 Å². The van der Waals surface area contributed by atoms with Crippen LogP contribution in [0.1, 0.15) is 32.2 Å². The Morgan fingerprint density at radius 2 is 1.79 bits per heavy atom. The van der Waals surface area contributed by atoms with Crippen LogP contribution < -0.4 is 10.2 Å². The van der Waals surface area contributed by atoms with Crippen LogP contribution in [0.25, 0.3) is 16.9 Å². The van der Waals surface area contributed by atoms with Crippen LogP contribution in [-0.4, -0.2) is 66.5 Å². The highest BCUT2D eigenvalue weighted by molar-refractivity contribution is 5.71. The van der Waals surface area contributed by atoms with Crippen LogP contribution in [0.4, 0.5) is 35.3 Å². The van der Waals surface area contributed by atoms with Crippen molar-refractivity contribution in [3.05, 3.63) is 72.4 Å². The van der Waals surface area contributed by atoms with Crippen molar-refractivity contribution in [1.82, 2.24) is 29.6 Å². The Bertz CT molecular complexity index is 1670. The molecule has 4 aromatic rings. The number of nitriles is 1. The maximum Gasteiger partial charge on any atom is 0.453 e. The monoisotopic (exact) mass is 591 g/mol. The molecule has 0 aliphatic carbocycles. The van der Waals surface area contributed by atoms with Crippen molar-refractivity contribution in [1.29, 1.82) is 5.26 Å². The number of nitrogens with one attached hydrogen (secondary N) is 1. The van der Waals surface area contributed by atoms with Crippen molar-refractivity contribution in [2.45, 2.75) is 33.0 Å². The van der Waals surface area contributed by atoms with E-state index in [-0.39, 0.29) is 17.4 Å². The largest absolute Gasteiger partial charge is 0.465 e. The van der Waals surface area contributed by atoms with Gasteiger partial charge in [-0.1, -0.05) is 20.8 Å². The minimum Gasteiger partial charge on any atom is -0.465 e. The molecule has 0 spiro atoms. The molecule has 2 N–H and O–H groups in total. The second-order valence-corrected chi connectivity index (χ2v) is 11.1. The molecule has 2 aromatic carbocycles. The lowest BCUT2D eigenvalue weighted by Crippen LogP contribution is -2.59. The summed E-state index contributed by atoms with van der Waals surface area (Å²) in [4.78, 5) is 27.6. The Labute approximate surface area is 245 Å². The molecule has 1 unspecified atom stereocenters. The molecular formula is C29H28F3N9O2. The number of piperazine rings is 1. The van der Waals surface area contributed by atoms with Crippen molar-refractivity contribution in [3.8, 4) is 23.0 Å². The van der Waals surface area contributed by atoms with Gasteiger partial charge in [0.2, 0.25) is 5.95 Å². The summed E-state index contributed by atoms with van der Waals surface area (Å²) in [7, 11) is 0. The fraction of sp³-hybridized carbons (Fsp3) is 0.310. The molecule has 0 radical (unpaired) electrons. The number of anilines is 3. The van der Waals surface area contributed by atoms with Gasteiger partial charge in [-0.2, -0.15) is 18.4 Å².